The standard InChI is InChI=1S/C14H27N3OS/c1-4-7-12(15-8-5-2)10-14-16-13(17-18-14)11-19-9-6-3/h12,15H,4-11H2,1-3H3. The molecule has 0 aliphatic rings. The van der Waals surface area contributed by atoms with Crippen LogP contribution >= 0.6 is 11.8 Å². The first-order valence-corrected chi connectivity index (χ1v) is 8.58. The molecule has 0 saturated carbocycles. The largest absolute Gasteiger partial charge is 0.339 e. The quantitative estimate of drug-likeness (QED) is 0.631. The molecule has 0 aliphatic carbocycles. The fourth-order valence-electron chi connectivity index (χ4n) is 1.92. The molecule has 0 saturated heterocycles. The summed E-state index contributed by atoms with van der Waals surface area (Å²) in [6, 6.07) is 0.460. The van der Waals surface area contributed by atoms with Gasteiger partial charge in [-0.3, -0.25) is 0 Å². The van der Waals surface area contributed by atoms with Gasteiger partial charge in [-0.25, -0.2) is 0 Å². The molecule has 1 aromatic rings. The Hall–Kier alpha value is -0.550. The summed E-state index contributed by atoms with van der Waals surface area (Å²) in [5.41, 5.74) is 0. The van der Waals surface area contributed by atoms with E-state index in [2.05, 4.69) is 36.2 Å². The predicted molar refractivity (Wildman–Crippen MR) is 81.4 cm³/mol. The number of nitrogens with one attached hydrogen (secondary N) is 1. The zero-order chi connectivity index (χ0) is 13.9. The number of hydrogen-bond acceptors (Lipinski definition) is 5. The Balaban J connectivity index is 2.40. The summed E-state index contributed by atoms with van der Waals surface area (Å²) in [7, 11) is 0. The first-order chi connectivity index (χ1) is 9.30. The topological polar surface area (TPSA) is 51.0 Å². The van der Waals surface area contributed by atoms with Crippen molar-refractivity contribution in [1.82, 2.24) is 15.5 Å². The summed E-state index contributed by atoms with van der Waals surface area (Å²) < 4.78 is 5.34. The molecule has 1 atom stereocenters. The van der Waals surface area contributed by atoms with E-state index in [9.17, 15) is 0 Å². The Morgan fingerprint density at radius 2 is 2.05 bits per heavy atom. The molecule has 1 aromatic heterocycles. The second-order valence-electron chi connectivity index (χ2n) is 4.80. The van der Waals surface area contributed by atoms with E-state index in [4.69, 9.17) is 4.52 Å². The van der Waals surface area contributed by atoms with Crippen LogP contribution in [0.1, 0.15) is 58.2 Å². The van der Waals surface area contributed by atoms with E-state index in [1.807, 2.05) is 11.8 Å². The Labute approximate surface area is 121 Å². The molecule has 0 amide bonds. The predicted octanol–water partition coefficient (Wildman–Crippen LogP) is 3.42. The number of rotatable bonds is 11. The zero-order valence-electron chi connectivity index (χ0n) is 12.4. The summed E-state index contributed by atoms with van der Waals surface area (Å²) >= 11 is 1.86. The Bertz CT molecular complexity index is 330. The smallest absolute Gasteiger partial charge is 0.228 e. The molecule has 0 fully saturated rings. The van der Waals surface area contributed by atoms with Crippen molar-refractivity contribution >= 4 is 11.8 Å². The van der Waals surface area contributed by atoms with Gasteiger partial charge in [-0.15, -0.1) is 0 Å². The average molecular weight is 285 g/mol. The van der Waals surface area contributed by atoms with E-state index in [-0.39, 0.29) is 0 Å². The van der Waals surface area contributed by atoms with Crippen LogP contribution in [-0.4, -0.2) is 28.5 Å². The van der Waals surface area contributed by atoms with Crippen LogP contribution in [0.4, 0.5) is 0 Å². The molecule has 4 nitrogen and oxygen atoms in total. The normalized spacial score (nSPS) is 12.8. The van der Waals surface area contributed by atoms with E-state index < -0.39 is 0 Å². The fourth-order valence-corrected chi connectivity index (χ4v) is 2.66. The molecule has 110 valence electrons. The molecule has 19 heavy (non-hydrogen) atoms. The van der Waals surface area contributed by atoms with Gasteiger partial charge in [0.25, 0.3) is 0 Å². The van der Waals surface area contributed by atoms with Gasteiger partial charge in [0.15, 0.2) is 5.82 Å². The maximum Gasteiger partial charge on any atom is 0.228 e. The Kier molecular flexibility index (Phi) is 8.91. The maximum absolute atomic E-state index is 5.34. The van der Waals surface area contributed by atoms with E-state index in [0.717, 1.165) is 49.0 Å². The summed E-state index contributed by atoms with van der Waals surface area (Å²) in [5, 5.41) is 7.59. The molecule has 0 aromatic carbocycles. The minimum Gasteiger partial charge on any atom is -0.339 e. The molecule has 1 rings (SSSR count). The SMILES string of the molecule is CCCNC(CCC)Cc1nc(CSCCC)no1. The van der Waals surface area contributed by atoms with Crippen molar-refractivity contribution in [3.63, 3.8) is 0 Å². The molecule has 0 spiro atoms. The molecule has 0 radical (unpaired) electrons. The molecule has 0 aliphatic heterocycles. The zero-order valence-corrected chi connectivity index (χ0v) is 13.3. The Morgan fingerprint density at radius 1 is 1.21 bits per heavy atom. The van der Waals surface area contributed by atoms with E-state index in [1.165, 1.54) is 12.8 Å². The second kappa shape index (κ2) is 10.3. The van der Waals surface area contributed by atoms with Gasteiger partial charge >= 0.3 is 0 Å². The average Bonchev–Trinajstić information content (AvgIpc) is 2.84. The van der Waals surface area contributed by atoms with Gasteiger partial charge < -0.3 is 9.84 Å². The van der Waals surface area contributed by atoms with E-state index in [0.29, 0.717) is 6.04 Å². The van der Waals surface area contributed by atoms with Gasteiger partial charge in [-0.05, 0) is 31.6 Å². The first kappa shape index (κ1) is 16.5. The Morgan fingerprint density at radius 3 is 2.74 bits per heavy atom. The van der Waals surface area contributed by atoms with E-state index in [1.54, 1.807) is 0 Å². The molecular weight excluding hydrogens is 258 g/mol. The van der Waals surface area contributed by atoms with Crippen LogP contribution in [0.2, 0.25) is 0 Å². The van der Waals surface area contributed by atoms with Crippen molar-refractivity contribution in [1.29, 1.82) is 0 Å². The number of nitrogens with zero attached hydrogens (tertiary/aromatic N) is 2. The highest BCUT2D eigenvalue weighted by Crippen LogP contribution is 2.12. The molecular formula is C14H27N3OS. The number of aromatic nitrogens is 2. The summed E-state index contributed by atoms with van der Waals surface area (Å²) in [4.78, 5) is 4.47. The molecule has 5 heteroatoms. The molecule has 1 N–H and O–H groups in total. The van der Waals surface area contributed by atoms with Crippen LogP contribution in [0.25, 0.3) is 0 Å². The van der Waals surface area contributed by atoms with Gasteiger partial charge in [-0.2, -0.15) is 16.7 Å². The maximum atomic E-state index is 5.34. The van der Waals surface area contributed by atoms with Gasteiger partial charge in [0.05, 0.1) is 5.75 Å². The lowest BCUT2D eigenvalue weighted by molar-refractivity contribution is 0.347. The second-order valence-corrected chi connectivity index (χ2v) is 5.91. The summed E-state index contributed by atoms with van der Waals surface area (Å²) in [5.74, 6) is 3.62. The van der Waals surface area contributed by atoms with Gasteiger partial charge in [0.2, 0.25) is 5.89 Å². The summed E-state index contributed by atoms with van der Waals surface area (Å²) in [6.45, 7) is 7.63. The first-order valence-electron chi connectivity index (χ1n) is 7.42. The third-order valence-electron chi connectivity index (χ3n) is 2.83. The van der Waals surface area contributed by atoms with Crippen LogP contribution in [0.15, 0.2) is 4.52 Å². The lowest BCUT2D eigenvalue weighted by atomic mass is 10.1. The van der Waals surface area contributed by atoms with Crippen molar-refractivity contribution in [3.05, 3.63) is 11.7 Å². The highest BCUT2D eigenvalue weighted by Gasteiger charge is 2.13. The molecule has 1 heterocycles. The van der Waals surface area contributed by atoms with Crippen molar-refractivity contribution in [2.45, 2.75) is 64.7 Å². The number of thioether (sulfide) groups is 1. The summed E-state index contributed by atoms with van der Waals surface area (Å²) in [6.07, 6.45) is 5.52. The third kappa shape index (κ3) is 6.97. The van der Waals surface area contributed by atoms with Crippen molar-refractivity contribution in [2.75, 3.05) is 12.3 Å². The van der Waals surface area contributed by atoms with Crippen LogP contribution < -0.4 is 5.32 Å². The van der Waals surface area contributed by atoms with Crippen molar-refractivity contribution in [3.8, 4) is 0 Å². The minimum atomic E-state index is 0.460. The molecule has 0 bridgehead atoms. The van der Waals surface area contributed by atoms with Gasteiger partial charge in [0, 0.05) is 12.5 Å². The minimum absolute atomic E-state index is 0.460. The molecule has 1 unspecified atom stereocenters. The van der Waals surface area contributed by atoms with E-state index >= 15 is 0 Å². The van der Waals surface area contributed by atoms with Gasteiger partial charge in [-0.1, -0.05) is 32.3 Å². The highest BCUT2D eigenvalue weighted by atomic mass is 32.2. The fraction of sp³-hybridized carbons (Fsp3) is 0.857. The highest BCUT2D eigenvalue weighted by molar-refractivity contribution is 7.98. The van der Waals surface area contributed by atoms with Crippen molar-refractivity contribution in [2.24, 2.45) is 0 Å². The number of hydrogen-bond donors (Lipinski definition) is 1. The monoisotopic (exact) mass is 285 g/mol. The van der Waals surface area contributed by atoms with Crippen LogP contribution in [0.5, 0.6) is 0 Å². The third-order valence-corrected chi connectivity index (χ3v) is 3.99. The van der Waals surface area contributed by atoms with Crippen LogP contribution in [-0.2, 0) is 12.2 Å². The van der Waals surface area contributed by atoms with Gasteiger partial charge in [0.1, 0.15) is 0 Å². The lowest BCUT2D eigenvalue weighted by Gasteiger charge is -2.15. The lowest BCUT2D eigenvalue weighted by Crippen LogP contribution is -2.31. The van der Waals surface area contributed by atoms with Crippen LogP contribution in [0, 0.1) is 0 Å². The van der Waals surface area contributed by atoms with Crippen LogP contribution in [0.3, 0.4) is 0 Å². The van der Waals surface area contributed by atoms with Crippen molar-refractivity contribution < 1.29 is 4.52 Å².